The highest BCUT2D eigenvalue weighted by Crippen LogP contribution is 2.30. The second-order valence-electron chi connectivity index (χ2n) is 3.62. The SMILES string of the molecule is CSC(SC)=C(C)C(=O)C1=CCCCC1. The molecule has 0 unspecified atom stereocenters. The number of hydrogen-bond donors (Lipinski definition) is 0. The third-order valence-electron chi connectivity index (χ3n) is 2.60. The van der Waals surface area contributed by atoms with Crippen LogP contribution in [-0.2, 0) is 4.79 Å². The van der Waals surface area contributed by atoms with Gasteiger partial charge in [-0.25, -0.2) is 0 Å². The Balaban J connectivity index is 2.83. The molecule has 1 rings (SSSR count). The molecule has 15 heavy (non-hydrogen) atoms. The molecule has 0 aromatic heterocycles. The maximum absolute atomic E-state index is 12.1. The number of ketones is 1. The summed E-state index contributed by atoms with van der Waals surface area (Å²) in [5, 5.41) is 0. The second kappa shape index (κ2) is 6.44. The fraction of sp³-hybridized carbons (Fsp3) is 0.583. The number of rotatable bonds is 4. The minimum Gasteiger partial charge on any atom is -0.289 e. The van der Waals surface area contributed by atoms with Gasteiger partial charge in [-0.1, -0.05) is 6.08 Å². The molecule has 0 atom stereocenters. The minimum atomic E-state index is 0.258. The highest BCUT2D eigenvalue weighted by molar-refractivity contribution is 8.21. The molecule has 0 saturated heterocycles. The molecule has 0 fully saturated rings. The number of carbonyl (C=O) groups excluding carboxylic acids is 1. The van der Waals surface area contributed by atoms with Crippen LogP contribution < -0.4 is 0 Å². The van der Waals surface area contributed by atoms with Crippen LogP contribution in [-0.4, -0.2) is 18.3 Å². The summed E-state index contributed by atoms with van der Waals surface area (Å²) in [5.41, 5.74) is 1.95. The van der Waals surface area contributed by atoms with Crippen LogP contribution in [0.1, 0.15) is 32.6 Å². The summed E-state index contributed by atoms with van der Waals surface area (Å²) in [5.74, 6) is 0.258. The number of Topliss-reactive ketones (excluding diaryl/α,β-unsaturated/α-hetero) is 1. The number of thioether (sulfide) groups is 2. The van der Waals surface area contributed by atoms with Gasteiger partial charge in [0.05, 0.1) is 0 Å². The summed E-state index contributed by atoms with van der Waals surface area (Å²) in [6, 6.07) is 0. The molecule has 0 amide bonds. The molecule has 1 aliphatic rings. The summed E-state index contributed by atoms with van der Waals surface area (Å²) >= 11 is 3.33. The van der Waals surface area contributed by atoms with Gasteiger partial charge >= 0.3 is 0 Å². The largest absolute Gasteiger partial charge is 0.289 e. The van der Waals surface area contributed by atoms with E-state index in [9.17, 15) is 4.79 Å². The van der Waals surface area contributed by atoms with Crippen molar-refractivity contribution in [2.75, 3.05) is 12.5 Å². The molecular weight excluding hydrogens is 224 g/mol. The van der Waals surface area contributed by atoms with Crippen molar-refractivity contribution in [3.63, 3.8) is 0 Å². The Morgan fingerprint density at radius 3 is 2.40 bits per heavy atom. The summed E-state index contributed by atoms with van der Waals surface area (Å²) in [4.78, 5) is 12.1. The first-order valence-electron chi connectivity index (χ1n) is 5.23. The quantitative estimate of drug-likeness (QED) is 0.693. The highest BCUT2D eigenvalue weighted by Gasteiger charge is 2.16. The fourth-order valence-corrected chi connectivity index (χ4v) is 3.23. The molecular formula is C12H18OS2. The monoisotopic (exact) mass is 242 g/mol. The van der Waals surface area contributed by atoms with Crippen molar-refractivity contribution in [3.05, 3.63) is 21.5 Å². The fourth-order valence-electron chi connectivity index (χ4n) is 1.77. The predicted molar refractivity (Wildman–Crippen MR) is 71.3 cm³/mol. The highest BCUT2D eigenvalue weighted by atomic mass is 32.2. The lowest BCUT2D eigenvalue weighted by Gasteiger charge is -2.13. The number of hydrogen-bond acceptors (Lipinski definition) is 3. The van der Waals surface area contributed by atoms with Crippen molar-refractivity contribution >= 4 is 29.3 Å². The van der Waals surface area contributed by atoms with E-state index in [1.165, 1.54) is 12.8 Å². The van der Waals surface area contributed by atoms with Gasteiger partial charge in [-0.05, 0) is 50.7 Å². The Bertz CT molecular complexity index is 297. The van der Waals surface area contributed by atoms with E-state index in [0.717, 1.165) is 28.2 Å². The van der Waals surface area contributed by atoms with Crippen LogP contribution in [0.5, 0.6) is 0 Å². The molecule has 0 bridgehead atoms. The predicted octanol–water partition coefficient (Wildman–Crippen LogP) is 4.01. The average molecular weight is 242 g/mol. The molecule has 0 aliphatic heterocycles. The Hall–Kier alpha value is -0.150. The van der Waals surface area contributed by atoms with Crippen LogP contribution in [0.4, 0.5) is 0 Å². The van der Waals surface area contributed by atoms with Gasteiger partial charge in [0.15, 0.2) is 5.78 Å². The lowest BCUT2D eigenvalue weighted by Crippen LogP contribution is -2.07. The smallest absolute Gasteiger partial charge is 0.186 e. The summed E-state index contributed by atoms with van der Waals surface area (Å²) in [6.07, 6.45) is 10.6. The molecule has 0 spiro atoms. The molecule has 1 aliphatic carbocycles. The molecule has 0 N–H and O–H groups in total. The van der Waals surface area contributed by atoms with Gasteiger partial charge in [0.1, 0.15) is 0 Å². The molecule has 0 aromatic carbocycles. The van der Waals surface area contributed by atoms with E-state index in [-0.39, 0.29) is 5.78 Å². The molecule has 0 saturated carbocycles. The first-order chi connectivity index (χ1) is 7.20. The molecule has 3 heteroatoms. The van der Waals surface area contributed by atoms with Crippen LogP contribution in [0.2, 0.25) is 0 Å². The zero-order valence-corrected chi connectivity index (χ0v) is 11.3. The van der Waals surface area contributed by atoms with Gasteiger partial charge in [-0.15, -0.1) is 23.5 Å². The zero-order chi connectivity index (χ0) is 11.3. The van der Waals surface area contributed by atoms with Gasteiger partial charge in [0.2, 0.25) is 0 Å². The summed E-state index contributed by atoms with van der Waals surface area (Å²) in [6.45, 7) is 1.94. The third kappa shape index (κ3) is 3.42. The summed E-state index contributed by atoms with van der Waals surface area (Å²) < 4.78 is 1.14. The average Bonchev–Trinajstić information content (AvgIpc) is 2.30. The Labute approximate surface area is 101 Å². The first-order valence-corrected chi connectivity index (χ1v) is 7.68. The van der Waals surface area contributed by atoms with E-state index in [4.69, 9.17) is 0 Å². The minimum absolute atomic E-state index is 0.258. The zero-order valence-electron chi connectivity index (χ0n) is 9.63. The van der Waals surface area contributed by atoms with Gasteiger partial charge in [-0.3, -0.25) is 4.79 Å². The van der Waals surface area contributed by atoms with Crippen LogP contribution in [0.3, 0.4) is 0 Å². The lowest BCUT2D eigenvalue weighted by molar-refractivity contribution is -0.112. The van der Waals surface area contributed by atoms with Gasteiger partial charge in [0.25, 0.3) is 0 Å². The number of allylic oxidation sites excluding steroid dienone is 3. The molecule has 0 heterocycles. The van der Waals surface area contributed by atoms with E-state index in [2.05, 4.69) is 6.08 Å². The van der Waals surface area contributed by atoms with E-state index in [1.54, 1.807) is 23.5 Å². The standard InChI is InChI=1S/C12H18OS2/c1-9(12(14-2)15-3)11(13)10-7-5-4-6-8-10/h7H,4-6,8H2,1-3H3. The van der Waals surface area contributed by atoms with Crippen LogP contribution >= 0.6 is 23.5 Å². The topological polar surface area (TPSA) is 17.1 Å². The van der Waals surface area contributed by atoms with E-state index >= 15 is 0 Å². The van der Waals surface area contributed by atoms with E-state index < -0.39 is 0 Å². The Morgan fingerprint density at radius 2 is 1.93 bits per heavy atom. The van der Waals surface area contributed by atoms with Crippen molar-refractivity contribution in [2.45, 2.75) is 32.6 Å². The van der Waals surface area contributed by atoms with E-state index in [0.29, 0.717) is 0 Å². The Morgan fingerprint density at radius 1 is 1.27 bits per heavy atom. The van der Waals surface area contributed by atoms with Crippen molar-refractivity contribution in [2.24, 2.45) is 0 Å². The molecule has 84 valence electrons. The second-order valence-corrected chi connectivity index (χ2v) is 5.52. The summed E-state index contributed by atoms with van der Waals surface area (Å²) in [7, 11) is 0. The number of carbonyl (C=O) groups is 1. The van der Waals surface area contributed by atoms with Crippen LogP contribution in [0, 0.1) is 0 Å². The van der Waals surface area contributed by atoms with Crippen molar-refractivity contribution in [1.29, 1.82) is 0 Å². The van der Waals surface area contributed by atoms with Crippen molar-refractivity contribution in [3.8, 4) is 0 Å². The van der Waals surface area contributed by atoms with Crippen molar-refractivity contribution in [1.82, 2.24) is 0 Å². The van der Waals surface area contributed by atoms with Crippen molar-refractivity contribution < 1.29 is 4.79 Å². The van der Waals surface area contributed by atoms with Crippen LogP contribution in [0.25, 0.3) is 0 Å². The van der Waals surface area contributed by atoms with Gasteiger partial charge in [0, 0.05) is 9.81 Å². The van der Waals surface area contributed by atoms with Crippen LogP contribution in [0.15, 0.2) is 21.5 Å². The molecule has 0 radical (unpaired) electrons. The first kappa shape index (κ1) is 12.9. The Kier molecular flexibility index (Phi) is 5.54. The third-order valence-corrected chi connectivity index (χ3v) is 4.95. The maximum Gasteiger partial charge on any atom is 0.186 e. The van der Waals surface area contributed by atoms with Gasteiger partial charge in [-0.2, -0.15) is 0 Å². The normalized spacial score (nSPS) is 15.8. The molecule has 0 aromatic rings. The van der Waals surface area contributed by atoms with E-state index in [1.807, 2.05) is 19.4 Å². The lowest BCUT2D eigenvalue weighted by atomic mass is 9.94. The van der Waals surface area contributed by atoms with Gasteiger partial charge < -0.3 is 0 Å². The maximum atomic E-state index is 12.1. The molecule has 1 nitrogen and oxygen atoms in total.